The van der Waals surface area contributed by atoms with Gasteiger partial charge in [-0.2, -0.15) is 0 Å². The van der Waals surface area contributed by atoms with Crippen LogP contribution in [0.2, 0.25) is 0 Å². The number of carbonyl (C=O) groups is 1. The van der Waals surface area contributed by atoms with Gasteiger partial charge in [-0.15, -0.1) is 0 Å². The fourth-order valence-corrected chi connectivity index (χ4v) is 3.24. The largest absolute Gasteiger partial charge is 0.490 e. The fraction of sp³-hybridized carbons (Fsp3) is 0.238. The van der Waals surface area contributed by atoms with Gasteiger partial charge >= 0.3 is 0 Å². The van der Waals surface area contributed by atoms with Crippen molar-refractivity contribution in [1.29, 1.82) is 0 Å². The van der Waals surface area contributed by atoms with Gasteiger partial charge in [0, 0.05) is 37.2 Å². The van der Waals surface area contributed by atoms with Crippen molar-refractivity contribution in [2.75, 3.05) is 23.4 Å². The van der Waals surface area contributed by atoms with E-state index < -0.39 is 0 Å². The number of nitrogens with two attached hydrogens (primary N) is 1. The number of hydrogen-bond donors (Lipinski definition) is 2. The molecule has 28 heavy (non-hydrogen) atoms. The molecule has 0 saturated heterocycles. The Bertz CT molecular complexity index is 981. The normalized spacial score (nSPS) is 13.0. The Balaban J connectivity index is 1.49. The smallest absolute Gasteiger partial charge is 0.258 e. The summed E-state index contributed by atoms with van der Waals surface area (Å²) in [5.41, 5.74) is 9.06. The van der Waals surface area contributed by atoms with Crippen molar-refractivity contribution in [3.8, 4) is 5.75 Å². The molecule has 144 valence electrons. The number of anilines is 2. The first-order valence-corrected chi connectivity index (χ1v) is 9.23. The van der Waals surface area contributed by atoms with E-state index in [1.54, 1.807) is 11.1 Å². The molecule has 0 atom stereocenters. The van der Waals surface area contributed by atoms with Crippen LogP contribution in [0.15, 0.2) is 54.9 Å². The van der Waals surface area contributed by atoms with Gasteiger partial charge < -0.3 is 25.3 Å². The van der Waals surface area contributed by atoms with Gasteiger partial charge in [0.2, 0.25) is 0 Å². The van der Waals surface area contributed by atoms with Crippen molar-refractivity contribution >= 4 is 17.3 Å². The summed E-state index contributed by atoms with van der Waals surface area (Å²) >= 11 is 0. The summed E-state index contributed by atoms with van der Waals surface area (Å²) in [5, 5.41) is 3.32. The molecule has 1 aromatic heterocycles. The summed E-state index contributed by atoms with van der Waals surface area (Å²) < 4.78 is 7.65. The molecule has 3 N–H and O–H groups in total. The lowest BCUT2D eigenvalue weighted by atomic mass is 10.1. The highest BCUT2D eigenvalue weighted by atomic mass is 16.5. The molecule has 0 saturated carbocycles. The second-order valence-corrected chi connectivity index (χ2v) is 6.70. The molecule has 7 nitrogen and oxygen atoms in total. The van der Waals surface area contributed by atoms with E-state index in [0.717, 1.165) is 22.8 Å². The Kier molecular flexibility index (Phi) is 4.99. The summed E-state index contributed by atoms with van der Waals surface area (Å²) in [6, 6.07) is 13.2. The minimum absolute atomic E-state index is 0.0469. The Labute approximate surface area is 163 Å². The Morgan fingerprint density at radius 3 is 2.79 bits per heavy atom. The highest BCUT2D eigenvalue weighted by Gasteiger charge is 2.25. The maximum Gasteiger partial charge on any atom is 0.258 e. The number of hydrogen-bond acceptors (Lipinski definition) is 5. The van der Waals surface area contributed by atoms with Crippen molar-refractivity contribution in [3.63, 3.8) is 0 Å². The Morgan fingerprint density at radius 2 is 2.07 bits per heavy atom. The van der Waals surface area contributed by atoms with Crippen LogP contribution in [0, 0.1) is 0 Å². The monoisotopic (exact) mass is 377 g/mol. The average molecular weight is 377 g/mol. The van der Waals surface area contributed by atoms with Crippen molar-refractivity contribution in [2.45, 2.75) is 13.1 Å². The minimum atomic E-state index is -0.0469. The third-order valence-electron chi connectivity index (χ3n) is 4.87. The third kappa shape index (κ3) is 3.57. The first-order chi connectivity index (χ1) is 13.7. The van der Waals surface area contributed by atoms with E-state index in [4.69, 9.17) is 10.5 Å². The van der Waals surface area contributed by atoms with Crippen LogP contribution in [-0.4, -0.2) is 28.6 Å². The van der Waals surface area contributed by atoms with E-state index in [2.05, 4.69) is 10.3 Å². The van der Waals surface area contributed by atoms with Crippen LogP contribution in [-0.2, 0) is 20.1 Å². The van der Waals surface area contributed by atoms with Crippen LogP contribution in [0.5, 0.6) is 5.75 Å². The number of imidazole rings is 1. The van der Waals surface area contributed by atoms with Crippen LogP contribution in [0.3, 0.4) is 0 Å². The van der Waals surface area contributed by atoms with Gasteiger partial charge in [0.1, 0.15) is 18.2 Å². The van der Waals surface area contributed by atoms with Gasteiger partial charge in [0.15, 0.2) is 0 Å². The molecule has 0 unspecified atom stereocenters. The van der Waals surface area contributed by atoms with E-state index in [1.807, 2.05) is 60.3 Å². The van der Waals surface area contributed by atoms with E-state index in [9.17, 15) is 4.79 Å². The number of nitrogens with zero attached hydrogens (tertiary/aromatic N) is 3. The quantitative estimate of drug-likeness (QED) is 0.714. The number of aryl methyl sites for hydroxylation is 1. The number of fused-ring (bicyclic) bond motifs is 1. The molecule has 7 heteroatoms. The highest BCUT2D eigenvalue weighted by molar-refractivity contribution is 6.07. The molecule has 0 spiro atoms. The molecule has 1 aliphatic heterocycles. The zero-order chi connectivity index (χ0) is 19.5. The average Bonchev–Trinajstić information content (AvgIpc) is 3.16. The summed E-state index contributed by atoms with van der Waals surface area (Å²) in [6.45, 7) is 2.03. The van der Waals surface area contributed by atoms with Gasteiger partial charge in [-0.25, -0.2) is 4.98 Å². The highest BCUT2D eigenvalue weighted by Crippen LogP contribution is 2.33. The first-order valence-electron chi connectivity index (χ1n) is 9.23. The molecule has 0 bridgehead atoms. The van der Waals surface area contributed by atoms with Crippen molar-refractivity contribution in [1.82, 2.24) is 9.55 Å². The summed E-state index contributed by atoms with van der Waals surface area (Å²) in [7, 11) is 1.96. The van der Waals surface area contributed by atoms with Gasteiger partial charge in [0.25, 0.3) is 5.91 Å². The first kappa shape index (κ1) is 18.1. The van der Waals surface area contributed by atoms with E-state index in [0.29, 0.717) is 37.6 Å². The molecule has 1 aliphatic rings. The van der Waals surface area contributed by atoms with E-state index in [1.165, 1.54) is 0 Å². The zero-order valence-corrected chi connectivity index (χ0v) is 15.8. The number of rotatable bonds is 5. The molecule has 0 radical (unpaired) electrons. The molecule has 0 fully saturated rings. The van der Waals surface area contributed by atoms with E-state index in [-0.39, 0.29) is 5.91 Å². The maximum atomic E-state index is 13.1. The van der Waals surface area contributed by atoms with Crippen molar-refractivity contribution < 1.29 is 9.53 Å². The molecule has 1 amide bonds. The lowest BCUT2D eigenvalue weighted by molar-refractivity contribution is 0.0976. The number of aromatic nitrogens is 2. The molecule has 0 aliphatic carbocycles. The number of amides is 1. The van der Waals surface area contributed by atoms with E-state index >= 15 is 0 Å². The topological polar surface area (TPSA) is 85.4 Å². The predicted molar refractivity (Wildman–Crippen MR) is 108 cm³/mol. The van der Waals surface area contributed by atoms with Gasteiger partial charge in [0.05, 0.1) is 18.8 Å². The van der Waals surface area contributed by atoms with Crippen molar-refractivity contribution in [2.24, 2.45) is 12.8 Å². The van der Waals surface area contributed by atoms with Crippen LogP contribution in [0.25, 0.3) is 0 Å². The molecular weight excluding hydrogens is 354 g/mol. The Hall–Kier alpha value is -3.32. The number of nitrogens with one attached hydrogen (secondary N) is 1. The Morgan fingerprint density at radius 1 is 1.25 bits per heavy atom. The molecule has 3 aromatic rings. The second-order valence-electron chi connectivity index (χ2n) is 6.70. The molecule has 2 heterocycles. The standard InChI is InChI=1S/C21H23N5O2/c1-25-9-8-23-20(25)14-24-17-5-3-16(4-6-17)21(27)26-10-11-28-19-7-2-15(13-22)12-18(19)26/h2-9,12,24H,10-11,13-14,22H2,1H3. The second kappa shape index (κ2) is 7.74. The third-order valence-corrected chi connectivity index (χ3v) is 4.87. The SMILES string of the molecule is Cn1ccnc1CNc1ccc(C(=O)N2CCOc3ccc(CN)cc32)cc1. The van der Waals surface area contributed by atoms with Crippen LogP contribution >= 0.6 is 0 Å². The lowest BCUT2D eigenvalue weighted by Crippen LogP contribution is -2.38. The summed E-state index contributed by atoms with van der Waals surface area (Å²) in [6.07, 6.45) is 3.68. The number of carbonyl (C=O) groups excluding carboxylic acids is 1. The molecular formula is C21H23N5O2. The summed E-state index contributed by atoms with van der Waals surface area (Å²) in [4.78, 5) is 19.1. The zero-order valence-electron chi connectivity index (χ0n) is 15.8. The predicted octanol–water partition coefficient (Wildman–Crippen LogP) is 2.53. The van der Waals surface area contributed by atoms with Gasteiger partial charge in [-0.1, -0.05) is 6.07 Å². The summed E-state index contributed by atoms with van der Waals surface area (Å²) in [5.74, 6) is 1.61. The molecule has 4 rings (SSSR count). The maximum absolute atomic E-state index is 13.1. The van der Waals surface area contributed by atoms with Crippen LogP contribution in [0.1, 0.15) is 21.7 Å². The van der Waals surface area contributed by atoms with Gasteiger partial charge in [-0.3, -0.25) is 4.79 Å². The van der Waals surface area contributed by atoms with Crippen molar-refractivity contribution in [3.05, 3.63) is 71.8 Å². The minimum Gasteiger partial charge on any atom is -0.490 e. The van der Waals surface area contributed by atoms with Crippen LogP contribution < -0.4 is 20.7 Å². The lowest BCUT2D eigenvalue weighted by Gasteiger charge is -2.30. The molecule has 2 aromatic carbocycles. The number of benzene rings is 2. The van der Waals surface area contributed by atoms with Gasteiger partial charge in [-0.05, 0) is 42.0 Å². The van der Waals surface area contributed by atoms with Crippen LogP contribution in [0.4, 0.5) is 11.4 Å². The number of ether oxygens (including phenoxy) is 1. The fourth-order valence-electron chi connectivity index (χ4n) is 3.24.